The Kier molecular flexibility index (Phi) is 3.49. The monoisotopic (exact) mass is 238 g/mol. The lowest BCUT2D eigenvalue weighted by Crippen LogP contribution is -2.14. The highest BCUT2D eigenvalue weighted by Gasteiger charge is 2.34. The van der Waals surface area contributed by atoms with Gasteiger partial charge in [0.1, 0.15) is 6.10 Å². The van der Waals surface area contributed by atoms with Gasteiger partial charge < -0.3 is 4.74 Å². The maximum Gasteiger partial charge on any atom is 0.306 e. The van der Waals surface area contributed by atoms with E-state index in [-0.39, 0.29) is 18.0 Å². The van der Waals surface area contributed by atoms with E-state index in [2.05, 4.69) is 6.92 Å². The van der Waals surface area contributed by atoms with Crippen molar-refractivity contribution in [3.05, 3.63) is 34.9 Å². The highest BCUT2D eigenvalue weighted by molar-refractivity contribution is 6.30. The van der Waals surface area contributed by atoms with Gasteiger partial charge in [-0.1, -0.05) is 37.1 Å². The van der Waals surface area contributed by atoms with Crippen LogP contribution in [0.25, 0.3) is 0 Å². The van der Waals surface area contributed by atoms with Crippen LogP contribution in [0.15, 0.2) is 24.3 Å². The van der Waals surface area contributed by atoms with Crippen LogP contribution in [0.2, 0.25) is 5.02 Å². The fourth-order valence-electron chi connectivity index (χ4n) is 2.20. The lowest BCUT2D eigenvalue weighted by molar-refractivity contribution is -0.141. The Morgan fingerprint density at radius 2 is 2.06 bits per heavy atom. The smallest absolute Gasteiger partial charge is 0.306 e. The van der Waals surface area contributed by atoms with E-state index in [1.807, 2.05) is 24.3 Å². The number of benzene rings is 1. The molecular weight excluding hydrogens is 224 g/mol. The number of esters is 1. The zero-order valence-corrected chi connectivity index (χ0v) is 10.0. The molecule has 0 bridgehead atoms. The first-order chi connectivity index (χ1) is 7.70. The number of ether oxygens (including phenoxy) is 1. The molecule has 1 aromatic carbocycles. The molecule has 0 aromatic heterocycles. The topological polar surface area (TPSA) is 26.3 Å². The standard InChI is InChI=1S/C13H15ClO2/c1-2-3-12-11(8-13(15)16-12)9-4-6-10(14)7-5-9/h4-7,11-12H,2-3,8H2,1H3/t11-,12+/m1/s1. The van der Waals surface area contributed by atoms with E-state index in [0.29, 0.717) is 6.42 Å². The van der Waals surface area contributed by atoms with Gasteiger partial charge in [-0.3, -0.25) is 4.79 Å². The van der Waals surface area contributed by atoms with Crippen LogP contribution in [-0.4, -0.2) is 12.1 Å². The number of rotatable bonds is 3. The van der Waals surface area contributed by atoms with Crippen molar-refractivity contribution in [3.63, 3.8) is 0 Å². The minimum atomic E-state index is -0.0848. The summed E-state index contributed by atoms with van der Waals surface area (Å²) < 4.78 is 5.33. The number of hydrogen-bond donors (Lipinski definition) is 0. The predicted molar refractivity (Wildman–Crippen MR) is 63.6 cm³/mol. The van der Waals surface area contributed by atoms with Crippen molar-refractivity contribution in [2.45, 2.75) is 38.2 Å². The lowest BCUT2D eigenvalue weighted by Gasteiger charge is -2.16. The van der Waals surface area contributed by atoms with Crippen molar-refractivity contribution in [3.8, 4) is 0 Å². The Balaban J connectivity index is 2.18. The van der Waals surface area contributed by atoms with Crippen LogP contribution in [0.4, 0.5) is 0 Å². The lowest BCUT2D eigenvalue weighted by atomic mass is 9.90. The van der Waals surface area contributed by atoms with Crippen LogP contribution in [0.3, 0.4) is 0 Å². The van der Waals surface area contributed by atoms with Crippen molar-refractivity contribution >= 4 is 17.6 Å². The zero-order chi connectivity index (χ0) is 11.5. The average Bonchev–Trinajstić information content (AvgIpc) is 2.61. The van der Waals surface area contributed by atoms with Crippen LogP contribution in [0.1, 0.15) is 37.7 Å². The van der Waals surface area contributed by atoms with Gasteiger partial charge in [0, 0.05) is 10.9 Å². The van der Waals surface area contributed by atoms with E-state index in [1.54, 1.807) is 0 Å². The zero-order valence-electron chi connectivity index (χ0n) is 9.28. The molecule has 16 heavy (non-hydrogen) atoms. The molecule has 0 amide bonds. The minimum Gasteiger partial charge on any atom is -0.462 e. The first kappa shape index (κ1) is 11.5. The van der Waals surface area contributed by atoms with E-state index in [1.165, 1.54) is 0 Å². The third kappa shape index (κ3) is 2.38. The quantitative estimate of drug-likeness (QED) is 0.753. The number of carbonyl (C=O) groups is 1. The molecule has 0 radical (unpaired) electrons. The molecular formula is C13H15ClO2. The van der Waals surface area contributed by atoms with Crippen LogP contribution in [0, 0.1) is 0 Å². The summed E-state index contributed by atoms with van der Waals surface area (Å²) >= 11 is 5.85. The van der Waals surface area contributed by atoms with Gasteiger partial charge in [0.2, 0.25) is 0 Å². The molecule has 1 fully saturated rings. The normalized spacial score (nSPS) is 24.5. The largest absolute Gasteiger partial charge is 0.462 e. The number of cyclic esters (lactones) is 1. The Labute approximate surface area is 101 Å². The van der Waals surface area contributed by atoms with E-state index < -0.39 is 0 Å². The van der Waals surface area contributed by atoms with Crippen molar-refractivity contribution < 1.29 is 9.53 Å². The van der Waals surface area contributed by atoms with Gasteiger partial charge in [0.05, 0.1) is 6.42 Å². The van der Waals surface area contributed by atoms with Crippen molar-refractivity contribution in [1.82, 2.24) is 0 Å². The summed E-state index contributed by atoms with van der Waals surface area (Å²) in [5.41, 5.74) is 1.15. The van der Waals surface area contributed by atoms with Crippen LogP contribution >= 0.6 is 11.6 Å². The van der Waals surface area contributed by atoms with E-state index in [4.69, 9.17) is 16.3 Å². The SMILES string of the molecule is CCC[C@@H]1OC(=O)C[C@@H]1c1ccc(Cl)cc1. The second kappa shape index (κ2) is 4.88. The molecule has 86 valence electrons. The second-order valence-electron chi connectivity index (χ2n) is 4.18. The summed E-state index contributed by atoms with van der Waals surface area (Å²) in [4.78, 5) is 11.3. The summed E-state index contributed by atoms with van der Waals surface area (Å²) in [7, 11) is 0. The maximum absolute atomic E-state index is 11.3. The molecule has 1 aliphatic heterocycles. The molecule has 2 atom stereocenters. The van der Waals surface area contributed by atoms with Crippen molar-refractivity contribution in [2.24, 2.45) is 0 Å². The van der Waals surface area contributed by atoms with E-state index in [9.17, 15) is 4.79 Å². The summed E-state index contributed by atoms with van der Waals surface area (Å²) in [6.45, 7) is 2.10. The van der Waals surface area contributed by atoms with Gasteiger partial charge in [-0.2, -0.15) is 0 Å². The predicted octanol–water partition coefficient (Wildman–Crippen LogP) is 3.54. The first-order valence-corrected chi connectivity index (χ1v) is 6.03. The fraction of sp³-hybridized carbons (Fsp3) is 0.462. The number of halogens is 1. The molecule has 1 heterocycles. The summed E-state index contributed by atoms with van der Waals surface area (Å²) in [6, 6.07) is 7.70. The molecule has 1 aromatic rings. The maximum atomic E-state index is 11.3. The van der Waals surface area contributed by atoms with Gasteiger partial charge in [-0.25, -0.2) is 0 Å². The van der Waals surface area contributed by atoms with Gasteiger partial charge in [-0.05, 0) is 24.1 Å². The number of carbonyl (C=O) groups excluding carboxylic acids is 1. The Morgan fingerprint density at radius 1 is 1.38 bits per heavy atom. The third-order valence-electron chi connectivity index (χ3n) is 2.99. The summed E-state index contributed by atoms with van der Waals surface area (Å²) in [6.07, 6.45) is 2.49. The highest BCUT2D eigenvalue weighted by atomic mass is 35.5. The third-order valence-corrected chi connectivity index (χ3v) is 3.24. The number of hydrogen-bond acceptors (Lipinski definition) is 2. The van der Waals surface area contributed by atoms with Crippen LogP contribution in [0.5, 0.6) is 0 Å². The van der Waals surface area contributed by atoms with Crippen molar-refractivity contribution in [1.29, 1.82) is 0 Å². The van der Waals surface area contributed by atoms with E-state index >= 15 is 0 Å². The molecule has 3 heteroatoms. The van der Waals surface area contributed by atoms with Gasteiger partial charge in [-0.15, -0.1) is 0 Å². The van der Waals surface area contributed by atoms with Gasteiger partial charge in [0.25, 0.3) is 0 Å². The molecule has 1 saturated heterocycles. The average molecular weight is 239 g/mol. The van der Waals surface area contributed by atoms with Gasteiger partial charge in [0.15, 0.2) is 0 Å². The Morgan fingerprint density at radius 3 is 2.69 bits per heavy atom. The molecule has 0 N–H and O–H groups in total. The molecule has 0 saturated carbocycles. The van der Waals surface area contributed by atoms with E-state index in [0.717, 1.165) is 23.4 Å². The Bertz CT molecular complexity index is 372. The molecule has 2 nitrogen and oxygen atoms in total. The summed E-state index contributed by atoms with van der Waals surface area (Å²) in [5, 5.41) is 0.723. The molecule has 0 unspecified atom stereocenters. The first-order valence-electron chi connectivity index (χ1n) is 5.65. The molecule has 0 spiro atoms. The fourth-order valence-corrected chi connectivity index (χ4v) is 2.32. The van der Waals surface area contributed by atoms with Gasteiger partial charge >= 0.3 is 5.97 Å². The second-order valence-corrected chi connectivity index (χ2v) is 4.62. The Hall–Kier alpha value is -1.02. The van der Waals surface area contributed by atoms with Crippen molar-refractivity contribution in [2.75, 3.05) is 0 Å². The summed E-state index contributed by atoms with van der Waals surface area (Å²) in [5.74, 6) is 0.114. The molecule has 2 rings (SSSR count). The van der Waals surface area contributed by atoms with Crippen LogP contribution in [-0.2, 0) is 9.53 Å². The minimum absolute atomic E-state index is 0.0404. The van der Waals surface area contributed by atoms with Crippen LogP contribution < -0.4 is 0 Å². The molecule has 0 aliphatic carbocycles. The molecule has 1 aliphatic rings. The highest BCUT2D eigenvalue weighted by Crippen LogP contribution is 2.34.